The van der Waals surface area contributed by atoms with Gasteiger partial charge < -0.3 is 9.47 Å². The molecule has 0 saturated heterocycles. The average Bonchev–Trinajstić information content (AvgIpc) is 3.03. The van der Waals surface area contributed by atoms with Crippen LogP contribution in [0.25, 0.3) is 0 Å². The molecule has 1 unspecified atom stereocenters. The van der Waals surface area contributed by atoms with E-state index < -0.39 is 23.0 Å². The lowest BCUT2D eigenvalue weighted by molar-refractivity contribution is -0.380. The second-order valence-corrected chi connectivity index (χ2v) is 5.18. The molecule has 0 aliphatic heterocycles. The number of nitrogens with zero attached hydrogens (tertiary/aromatic N) is 1. The Morgan fingerprint density at radius 2 is 1.86 bits per heavy atom. The van der Waals surface area contributed by atoms with Crippen molar-refractivity contribution in [3.8, 4) is 0 Å². The van der Waals surface area contributed by atoms with Gasteiger partial charge in [0.05, 0.1) is 12.0 Å². The van der Waals surface area contributed by atoms with Gasteiger partial charge in [-0.3, -0.25) is 10.1 Å². The number of hydrogen-bond donors (Lipinski definition) is 0. The maximum absolute atomic E-state index is 12.0. The first-order valence-corrected chi connectivity index (χ1v) is 6.92. The Kier molecular flexibility index (Phi) is 4.84. The van der Waals surface area contributed by atoms with E-state index >= 15 is 0 Å². The molecule has 0 saturated carbocycles. The van der Waals surface area contributed by atoms with E-state index in [0.717, 1.165) is 0 Å². The molecule has 1 atom stereocenters. The van der Waals surface area contributed by atoms with Gasteiger partial charge in [-0.1, -0.05) is 41.7 Å². The van der Waals surface area contributed by atoms with Gasteiger partial charge in [-0.25, -0.2) is 9.59 Å². The molecule has 0 aliphatic rings. The largest absolute Gasteiger partial charge is 0.466 e. The number of esters is 2. The lowest BCUT2D eigenvalue weighted by atomic mass is 10.1. The van der Waals surface area contributed by atoms with E-state index in [1.54, 1.807) is 30.3 Å². The van der Waals surface area contributed by atoms with E-state index in [2.05, 4.69) is 4.74 Å². The molecule has 0 amide bonds. The molecule has 0 fully saturated rings. The van der Waals surface area contributed by atoms with Crippen LogP contribution in [0.4, 0.5) is 5.00 Å². The Bertz CT molecular complexity index is 696. The third-order valence-corrected chi connectivity index (χ3v) is 3.73. The van der Waals surface area contributed by atoms with Crippen molar-refractivity contribution >= 4 is 28.3 Å². The first kappa shape index (κ1) is 15.6. The van der Waals surface area contributed by atoms with Gasteiger partial charge in [-0.15, -0.1) is 0 Å². The summed E-state index contributed by atoms with van der Waals surface area (Å²) in [5.74, 6) is -1.55. The molecule has 2 aromatic rings. The van der Waals surface area contributed by atoms with Gasteiger partial charge in [0.2, 0.25) is 6.10 Å². The van der Waals surface area contributed by atoms with Crippen molar-refractivity contribution in [2.75, 3.05) is 7.11 Å². The van der Waals surface area contributed by atoms with Crippen LogP contribution < -0.4 is 0 Å². The van der Waals surface area contributed by atoms with Gasteiger partial charge in [0.1, 0.15) is 4.88 Å². The molecular formula is C14H11NO6S. The number of nitro groups is 1. The molecule has 7 nitrogen and oxygen atoms in total. The Morgan fingerprint density at radius 3 is 2.41 bits per heavy atom. The minimum Gasteiger partial charge on any atom is -0.466 e. The fraction of sp³-hybridized carbons (Fsp3) is 0.143. The topological polar surface area (TPSA) is 95.7 Å². The minimum absolute atomic E-state index is 0.0385. The monoisotopic (exact) mass is 321 g/mol. The number of thiophene rings is 1. The predicted molar refractivity (Wildman–Crippen MR) is 77.6 cm³/mol. The molecule has 0 aliphatic carbocycles. The van der Waals surface area contributed by atoms with Gasteiger partial charge in [-0.05, 0) is 6.07 Å². The quantitative estimate of drug-likeness (QED) is 0.477. The molecular weight excluding hydrogens is 310 g/mol. The highest BCUT2D eigenvalue weighted by Crippen LogP contribution is 2.27. The molecule has 0 N–H and O–H groups in total. The molecule has 1 aromatic carbocycles. The molecule has 0 bridgehead atoms. The zero-order chi connectivity index (χ0) is 16.1. The Morgan fingerprint density at radius 1 is 1.18 bits per heavy atom. The van der Waals surface area contributed by atoms with Crippen LogP contribution in [0.5, 0.6) is 0 Å². The zero-order valence-electron chi connectivity index (χ0n) is 11.4. The maximum atomic E-state index is 12.0. The SMILES string of the molecule is COC(=O)C(OC(=O)c1ccc([N+](=O)[O-])s1)c1ccccc1. The van der Waals surface area contributed by atoms with Gasteiger partial charge in [0.15, 0.2) is 0 Å². The highest BCUT2D eigenvalue weighted by atomic mass is 32.1. The van der Waals surface area contributed by atoms with Crippen molar-refractivity contribution < 1.29 is 24.0 Å². The number of methoxy groups -OCH3 is 1. The summed E-state index contributed by atoms with van der Waals surface area (Å²) in [6.45, 7) is 0. The smallest absolute Gasteiger partial charge is 0.351 e. The zero-order valence-corrected chi connectivity index (χ0v) is 12.2. The van der Waals surface area contributed by atoms with Gasteiger partial charge in [0.25, 0.3) is 0 Å². The molecule has 2 rings (SSSR count). The normalized spacial score (nSPS) is 11.5. The maximum Gasteiger partial charge on any atom is 0.351 e. The molecule has 114 valence electrons. The van der Waals surface area contributed by atoms with Crippen molar-refractivity contribution in [3.63, 3.8) is 0 Å². The summed E-state index contributed by atoms with van der Waals surface area (Å²) >= 11 is 0.680. The van der Waals surface area contributed by atoms with Crippen LogP contribution in [-0.4, -0.2) is 24.0 Å². The van der Waals surface area contributed by atoms with E-state index in [9.17, 15) is 19.7 Å². The number of hydrogen-bond acceptors (Lipinski definition) is 7. The van der Waals surface area contributed by atoms with Crippen molar-refractivity contribution in [1.29, 1.82) is 0 Å². The summed E-state index contributed by atoms with van der Waals surface area (Å²) in [6, 6.07) is 10.9. The van der Waals surface area contributed by atoms with Gasteiger partial charge >= 0.3 is 16.9 Å². The van der Waals surface area contributed by atoms with E-state index in [1.807, 2.05) is 0 Å². The van der Waals surface area contributed by atoms with Crippen molar-refractivity contribution in [3.05, 3.63) is 63.0 Å². The summed E-state index contributed by atoms with van der Waals surface area (Å²) < 4.78 is 9.77. The van der Waals surface area contributed by atoms with Gasteiger partial charge in [-0.2, -0.15) is 0 Å². The van der Waals surface area contributed by atoms with Crippen LogP contribution in [0.15, 0.2) is 42.5 Å². The van der Waals surface area contributed by atoms with Crippen molar-refractivity contribution in [1.82, 2.24) is 0 Å². The van der Waals surface area contributed by atoms with Crippen LogP contribution in [0, 0.1) is 10.1 Å². The molecule has 1 aromatic heterocycles. The Balaban J connectivity index is 2.21. The third kappa shape index (κ3) is 3.47. The molecule has 8 heteroatoms. The van der Waals surface area contributed by atoms with Crippen LogP contribution in [0.3, 0.4) is 0 Å². The summed E-state index contributed by atoms with van der Waals surface area (Å²) in [6.07, 6.45) is -1.22. The number of benzene rings is 1. The van der Waals surface area contributed by atoms with Crippen molar-refractivity contribution in [2.24, 2.45) is 0 Å². The fourth-order valence-electron chi connectivity index (χ4n) is 1.69. The van der Waals surface area contributed by atoms with Crippen LogP contribution in [0.1, 0.15) is 21.3 Å². The number of carbonyl (C=O) groups is 2. The van der Waals surface area contributed by atoms with Crippen LogP contribution in [-0.2, 0) is 14.3 Å². The third-order valence-electron chi connectivity index (χ3n) is 2.72. The standard InChI is InChI=1S/C14H11NO6S/c1-20-14(17)12(9-5-3-2-4-6-9)21-13(16)10-7-8-11(22-10)15(18)19/h2-8,12H,1H3. The first-order chi connectivity index (χ1) is 10.5. The van der Waals surface area contributed by atoms with Crippen molar-refractivity contribution in [2.45, 2.75) is 6.10 Å². The van der Waals surface area contributed by atoms with Crippen LogP contribution >= 0.6 is 11.3 Å². The van der Waals surface area contributed by atoms with E-state index in [-0.39, 0.29) is 9.88 Å². The van der Waals surface area contributed by atoms with E-state index in [0.29, 0.717) is 16.9 Å². The molecule has 1 heterocycles. The predicted octanol–water partition coefficient (Wildman–Crippen LogP) is 2.73. The van der Waals surface area contributed by atoms with Gasteiger partial charge in [0, 0.05) is 11.6 Å². The number of ether oxygens (including phenoxy) is 2. The minimum atomic E-state index is -1.22. The summed E-state index contributed by atoms with van der Waals surface area (Å²) in [4.78, 5) is 33.9. The summed E-state index contributed by atoms with van der Waals surface area (Å²) in [5, 5.41) is 10.4. The molecule has 0 spiro atoms. The average molecular weight is 321 g/mol. The Labute approximate surface area is 129 Å². The highest BCUT2D eigenvalue weighted by molar-refractivity contribution is 7.17. The lowest BCUT2D eigenvalue weighted by Gasteiger charge is -2.15. The highest BCUT2D eigenvalue weighted by Gasteiger charge is 2.27. The molecule has 22 heavy (non-hydrogen) atoms. The van der Waals surface area contributed by atoms with Crippen LogP contribution in [0.2, 0.25) is 0 Å². The van der Waals surface area contributed by atoms with E-state index in [4.69, 9.17) is 4.74 Å². The number of carbonyl (C=O) groups excluding carboxylic acids is 2. The van der Waals surface area contributed by atoms with E-state index in [1.165, 1.54) is 19.2 Å². The summed E-state index contributed by atoms with van der Waals surface area (Å²) in [7, 11) is 1.18. The first-order valence-electron chi connectivity index (χ1n) is 6.11. The second-order valence-electron chi connectivity index (χ2n) is 4.11. The summed E-state index contributed by atoms with van der Waals surface area (Å²) in [5.41, 5.74) is 0.453. The Hall–Kier alpha value is -2.74. The number of rotatable bonds is 5. The fourth-order valence-corrected chi connectivity index (χ4v) is 2.39. The second kappa shape index (κ2) is 6.81. The lowest BCUT2D eigenvalue weighted by Crippen LogP contribution is -2.20. The molecule has 0 radical (unpaired) electrons.